The molecule has 2 rings (SSSR count). The summed E-state index contributed by atoms with van der Waals surface area (Å²) in [4.78, 5) is 32.3. The summed E-state index contributed by atoms with van der Waals surface area (Å²) >= 11 is 0. The molecule has 0 aliphatic heterocycles. The summed E-state index contributed by atoms with van der Waals surface area (Å²) < 4.78 is 1.21. The Bertz CT molecular complexity index is 799. The number of benzene rings is 1. The van der Waals surface area contributed by atoms with Gasteiger partial charge in [-0.1, -0.05) is 0 Å². The van der Waals surface area contributed by atoms with E-state index in [1.165, 1.54) is 4.68 Å². The largest absolute Gasteiger partial charge is 0.506 e. The minimum Gasteiger partial charge on any atom is -0.506 e. The Morgan fingerprint density at radius 2 is 2.04 bits per heavy atom. The maximum absolute atomic E-state index is 12.1. The van der Waals surface area contributed by atoms with Crippen molar-refractivity contribution in [2.24, 2.45) is 0 Å². The topological polar surface area (TPSA) is 153 Å². The number of nitrogens with zero attached hydrogens (tertiary/aromatic N) is 4. The second-order valence-corrected chi connectivity index (χ2v) is 4.39. The van der Waals surface area contributed by atoms with Gasteiger partial charge in [-0.25, -0.2) is 0 Å². The molecule has 0 bridgehead atoms. The van der Waals surface area contributed by atoms with E-state index < -0.39 is 32.9 Å². The molecule has 0 saturated heterocycles. The third-order valence-corrected chi connectivity index (χ3v) is 2.92. The summed E-state index contributed by atoms with van der Waals surface area (Å²) in [6, 6.07) is 3.03. The number of hydrogen-bond donors (Lipinski definition) is 2. The van der Waals surface area contributed by atoms with Gasteiger partial charge in [0.05, 0.1) is 15.5 Å². The molecule has 11 nitrogen and oxygen atoms in total. The molecule has 0 aliphatic rings. The molecule has 0 saturated carbocycles. The van der Waals surface area contributed by atoms with E-state index >= 15 is 0 Å². The zero-order valence-electron chi connectivity index (χ0n) is 11.8. The van der Waals surface area contributed by atoms with E-state index in [9.17, 15) is 30.1 Å². The average Bonchev–Trinajstić information content (AvgIpc) is 2.94. The third-order valence-electron chi connectivity index (χ3n) is 2.92. The Hall–Kier alpha value is -3.50. The number of aryl methyl sites for hydroxylation is 1. The highest BCUT2D eigenvalue weighted by molar-refractivity contribution is 6.06. The lowest BCUT2D eigenvalue weighted by atomic mass is 10.2. The predicted molar refractivity (Wildman–Crippen MR) is 77.3 cm³/mol. The summed E-state index contributed by atoms with van der Waals surface area (Å²) in [5.41, 5.74) is -1.56. The van der Waals surface area contributed by atoms with Crippen LogP contribution in [0.1, 0.15) is 17.4 Å². The number of phenolic OH excluding ortho intramolecular Hbond substituents is 1. The minimum atomic E-state index is -0.959. The van der Waals surface area contributed by atoms with Crippen molar-refractivity contribution < 1.29 is 19.7 Å². The summed E-state index contributed by atoms with van der Waals surface area (Å²) in [6.45, 7) is 2.00. The fourth-order valence-corrected chi connectivity index (χ4v) is 1.79. The number of nitro groups is 2. The van der Waals surface area contributed by atoms with E-state index in [2.05, 4.69) is 10.4 Å². The first-order valence-corrected chi connectivity index (χ1v) is 6.34. The van der Waals surface area contributed by atoms with Crippen molar-refractivity contribution >= 4 is 23.0 Å². The van der Waals surface area contributed by atoms with Crippen LogP contribution in [-0.2, 0) is 6.54 Å². The molecule has 2 aromatic rings. The van der Waals surface area contributed by atoms with Gasteiger partial charge in [0.2, 0.25) is 5.69 Å². The summed E-state index contributed by atoms with van der Waals surface area (Å²) in [5, 5.41) is 37.3. The number of amides is 1. The lowest BCUT2D eigenvalue weighted by Gasteiger charge is -2.05. The van der Waals surface area contributed by atoms with Crippen LogP contribution in [0, 0.1) is 20.2 Å². The van der Waals surface area contributed by atoms with Crippen LogP contribution in [0.5, 0.6) is 5.75 Å². The van der Waals surface area contributed by atoms with Gasteiger partial charge in [0.1, 0.15) is 11.9 Å². The van der Waals surface area contributed by atoms with Crippen LogP contribution in [0.25, 0.3) is 0 Å². The first-order chi connectivity index (χ1) is 10.8. The second kappa shape index (κ2) is 6.09. The van der Waals surface area contributed by atoms with Crippen LogP contribution in [0.4, 0.5) is 17.1 Å². The number of hydrogen-bond acceptors (Lipinski definition) is 7. The Morgan fingerprint density at radius 1 is 1.35 bits per heavy atom. The molecule has 0 radical (unpaired) electrons. The highest BCUT2D eigenvalue weighted by Gasteiger charge is 2.26. The van der Waals surface area contributed by atoms with E-state index in [1.54, 1.807) is 6.92 Å². The highest BCUT2D eigenvalue weighted by atomic mass is 16.6. The van der Waals surface area contributed by atoms with E-state index in [1.807, 2.05) is 0 Å². The number of aromatic hydroxyl groups is 1. The molecule has 0 unspecified atom stereocenters. The normalized spacial score (nSPS) is 10.3. The van der Waals surface area contributed by atoms with Gasteiger partial charge in [0.25, 0.3) is 11.6 Å². The third kappa shape index (κ3) is 3.23. The van der Waals surface area contributed by atoms with Gasteiger partial charge in [-0.15, -0.1) is 0 Å². The quantitative estimate of drug-likeness (QED) is 0.482. The Morgan fingerprint density at radius 3 is 2.61 bits per heavy atom. The number of rotatable bonds is 5. The lowest BCUT2D eigenvalue weighted by Crippen LogP contribution is -2.15. The number of phenols is 1. The second-order valence-electron chi connectivity index (χ2n) is 4.39. The molecule has 0 atom stereocenters. The van der Waals surface area contributed by atoms with Crippen LogP contribution in [0.2, 0.25) is 0 Å². The van der Waals surface area contributed by atoms with E-state index in [0.29, 0.717) is 6.54 Å². The maximum Gasteiger partial charge on any atom is 0.320 e. The SMILES string of the molecule is CCn1cc([N+](=O)[O-])c(C(=O)Nc2cc([N+](=O)[O-])ccc2O)n1. The van der Waals surface area contributed by atoms with Crippen molar-refractivity contribution in [1.82, 2.24) is 9.78 Å². The van der Waals surface area contributed by atoms with E-state index in [-0.39, 0.29) is 11.4 Å². The molecule has 0 aliphatic carbocycles. The summed E-state index contributed by atoms with van der Waals surface area (Å²) in [7, 11) is 0. The zero-order chi connectivity index (χ0) is 17.1. The fraction of sp³-hybridized carbons (Fsp3) is 0.167. The Kier molecular flexibility index (Phi) is 4.21. The molecule has 120 valence electrons. The highest BCUT2D eigenvalue weighted by Crippen LogP contribution is 2.29. The average molecular weight is 321 g/mol. The lowest BCUT2D eigenvalue weighted by molar-refractivity contribution is -0.385. The minimum absolute atomic E-state index is 0.246. The van der Waals surface area contributed by atoms with Gasteiger partial charge in [0.15, 0.2) is 0 Å². The number of non-ortho nitro benzene ring substituents is 1. The van der Waals surface area contributed by atoms with Crippen LogP contribution < -0.4 is 5.32 Å². The van der Waals surface area contributed by atoms with Crippen LogP contribution in [0.15, 0.2) is 24.4 Å². The fourth-order valence-electron chi connectivity index (χ4n) is 1.79. The standard InChI is InChI=1S/C12H11N5O6/c1-2-15-6-9(17(22)23)11(14-15)12(19)13-8-5-7(16(20)21)3-4-10(8)18/h3-6,18H,2H2,1H3,(H,13,19). The molecule has 0 spiro atoms. The van der Waals surface area contributed by atoms with Crippen molar-refractivity contribution in [3.05, 3.63) is 50.3 Å². The number of aromatic nitrogens is 2. The summed E-state index contributed by atoms with van der Waals surface area (Å²) in [5.74, 6) is -1.37. The van der Waals surface area contributed by atoms with Crippen molar-refractivity contribution in [2.75, 3.05) is 5.32 Å². The molecule has 2 N–H and O–H groups in total. The smallest absolute Gasteiger partial charge is 0.320 e. The van der Waals surface area contributed by atoms with Crippen molar-refractivity contribution in [3.8, 4) is 5.75 Å². The first-order valence-electron chi connectivity index (χ1n) is 6.34. The summed E-state index contributed by atoms with van der Waals surface area (Å²) in [6.07, 6.45) is 1.10. The molecule has 1 aromatic heterocycles. The predicted octanol–water partition coefficient (Wildman–Crippen LogP) is 1.68. The molecule has 23 heavy (non-hydrogen) atoms. The maximum atomic E-state index is 12.1. The number of anilines is 1. The van der Waals surface area contributed by atoms with Gasteiger partial charge < -0.3 is 10.4 Å². The van der Waals surface area contributed by atoms with E-state index in [4.69, 9.17) is 0 Å². The van der Waals surface area contributed by atoms with Gasteiger partial charge >= 0.3 is 5.69 Å². The molecule has 1 amide bonds. The molecular formula is C12H11N5O6. The van der Waals surface area contributed by atoms with Gasteiger partial charge in [-0.3, -0.25) is 29.7 Å². The Labute approximate surface area is 128 Å². The number of carbonyl (C=O) groups is 1. The molecular weight excluding hydrogens is 310 g/mol. The zero-order valence-corrected chi connectivity index (χ0v) is 11.8. The first kappa shape index (κ1) is 15.9. The van der Waals surface area contributed by atoms with Crippen LogP contribution in [-0.4, -0.2) is 30.6 Å². The monoisotopic (exact) mass is 321 g/mol. The van der Waals surface area contributed by atoms with Crippen LogP contribution >= 0.6 is 0 Å². The van der Waals surface area contributed by atoms with Crippen molar-refractivity contribution in [3.63, 3.8) is 0 Å². The number of nitrogens with one attached hydrogen (secondary N) is 1. The van der Waals surface area contributed by atoms with Gasteiger partial charge in [0, 0.05) is 18.7 Å². The molecule has 11 heteroatoms. The van der Waals surface area contributed by atoms with Gasteiger partial charge in [-0.2, -0.15) is 5.10 Å². The molecule has 1 heterocycles. The van der Waals surface area contributed by atoms with Gasteiger partial charge in [-0.05, 0) is 13.0 Å². The number of carbonyl (C=O) groups excluding carboxylic acids is 1. The molecule has 1 aromatic carbocycles. The number of nitro benzene ring substituents is 1. The molecule has 0 fully saturated rings. The van der Waals surface area contributed by atoms with Crippen molar-refractivity contribution in [2.45, 2.75) is 13.5 Å². The van der Waals surface area contributed by atoms with Crippen LogP contribution in [0.3, 0.4) is 0 Å². The van der Waals surface area contributed by atoms with Crippen molar-refractivity contribution in [1.29, 1.82) is 0 Å². The van der Waals surface area contributed by atoms with E-state index in [0.717, 1.165) is 24.4 Å². The Balaban J connectivity index is 2.36.